The average molecular weight is 136 g/mol. The fraction of sp³-hybridized carbons (Fsp3) is 0.600. The molecule has 0 unspecified atom stereocenters. The molecule has 0 heteroatoms. The van der Waals surface area contributed by atoms with Gasteiger partial charge in [0.1, 0.15) is 0 Å². The lowest BCUT2D eigenvalue weighted by molar-refractivity contribution is 0.433. The summed E-state index contributed by atoms with van der Waals surface area (Å²) in [5.41, 5.74) is 2.00. The van der Waals surface area contributed by atoms with E-state index in [-0.39, 0.29) is 0 Å². The molecule has 56 valence electrons. The molecule has 0 amide bonds. The molecule has 0 heterocycles. The Hall–Kier alpha value is -0.520. The van der Waals surface area contributed by atoms with Crippen molar-refractivity contribution in [1.29, 1.82) is 0 Å². The highest BCUT2D eigenvalue weighted by atomic mass is 14.3. The van der Waals surface area contributed by atoms with Crippen LogP contribution in [0.15, 0.2) is 23.8 Å². The van der Waals surface area contributed by atoms with E-state index < -0.39 is 0 Å². The SMILES string of the molecule is C/C=C1\CC=CCC1(C)C. The minimum atomic E-state index is 0.420. The first kappa shape index (κ1) is 7.59. The van der Waals surface area contributed by atoms with E-state index >= 15 is 0 Å². The first-order valence-electron chi connectivity index (χ1n) is 3.97. The van der Waals surface area contributed by atoms with Gasteiger partial charge in [0.05, 0.1) is 0 Å². The van der Waals surface area contributed by atoms with E-state index in [1.807, 2.05) is 0 Å². The maximum atomic E-state index is 2.31. The molecule has 0 aromatic rings. The summed E-state index contributed by atoms with van der Waals surface area (Å²) in [4.78, 5) is 0. The Morgan fingerprint density at radius 2 is 2.10 bits per heavy atom. The average Bonchev–Trinajstić information content (AvgIpc) is 1.87. The maximum Gasteiger partial charge on any atom is -0.0107 e. The van der Waals surface area contributed by atoms with Crippen LogP contribution < -0.4 is 0 Å². The third-order valence-electron chi connectivity index (χ3n) is 2.35. The van der Waals surface area contributed by atoms with Crippen molar-refractivity contribution in [2.75, 3.05) is 0 Å². The minimum absolute atomic E-state index is 0.420. The molecule has 0 saturated carbocycles. The van der Waals surface area contributed by atoms with Gasteiger partial charge in [-0.15, -0.1) is 0 Å². The molecule has 0 aromatic carbocycles. The maximum absolute atomic E-state index is 2.31. The third kappa shape index (κ3) is 1.31. The van der Waals surface area contributed by atoms with Crippen molar-refractivity contribution < 1.29 is 0 Å². The predicted octanol–water partition coefficient (Wildman–Crippen LogP) is 3.31. The molecular weight excluding hydrogens is 120 g/mol. The Kier molecular flexibility index (Phi) is 1.98. The van der Waals surface area contributed by atoms with Gasteiger partial charge in [0.25, 0.3) is 0 Å². The van der Waals surface area contributed by atoms with Crippen LogP contribution in [0, 0.1) is 5.41 Å². The number of hydrogen-bond acceptors (Lipinski definition) is 0. The monoisotopic (exact) mass is 136 g/mol. The van der Waals surface area contributed by atoms with Crippen LogP contribution in [0.5, 0.6) is 0 Å². The Balaban J connectivity index is 2.83. The molecule has 0 radical (unpaired) electrons. The van der Waals surface area contributed by atoms with Crippen molar-refractivity contribution in [2.24, 2.45) is 5.41 Å². The summed E-state index contributed by atoms with van der Waals surface area (Å²) in [6.45, 7) is 6.76. The summed E-state index contributed by atoms with van der Waals surface area (Å²) in [6, 6.07) is 0. The summed E-state index contributed by atoms with van der Waals surface area (Å²) >= 11 is 0. The van der Waals surface area contributed by atoms with Crippen molar-refractivity contribution in [3.05, 3.63) is 23.8 Å². The molecule has 0 nitrogen and oxygen atoms in total. The smallest absolute Gasteiger partial charge is 0.0107 e. The molecule has 0 saturated heterocycles. The van der Waals surface area contributed by atoms with Gasteiger partial charge in [-0.25, -0.2) is 0 Å². The molecule has 0 aromatic heterocycles. The lowest BCUT2D eigenvalue weighted by Crippen LogP contribution is -2.15. The van der Waals surface area contributed by atoms with Gasteiger partial charge >= 0.3 is 0 Å². The zero-order valence-electron chi connectivity index (χ0n) is 7.15. The fourth-order valence-corrected chi connectivity index (χ4v) is 1.50. The van der Waals surface area contributed by atoms with Gasteiger partial charge in [0.15, 0.2) is 0 Å². The van der Waals surface area contributed by atoms with Crippen molar-refractivity contribution in [1.82, 2.24) is 0 Å². The summed E-state index contributed by atoms with van der Waals surface area (Å²) in [6.07, 6.45) is 9.16. The summed E-state index contributed by atoms with van der Waals surface area (Å²) in [7, 11) is 0. The molecular formula is C10H16. The van der Waals surface area contributed by atoms with Crippen molar-refractivity contribution in [3.8, 4) is 0 Å². The van der Waals surface area contributed by atoms with Crippen LogP contribution in [0.1, 0.15) is 33.6 Å². The summed E-state index contributed by atoms with van der Waals surface area (Å²) < 4.78 is 0. The van der Waals surface area contributed by atoms with Gasteiger partial charge in [-0.3, -0.25) is 0 Å². The molecule has 0 atom stereocenters. The Morgan fingerprint density at radius 1 is 1.40 bits per heavy atom. The Morgan fingerprint density at radius 3 is 2.50 bits per heavy atom. The predicted molar refractivity (Wildman–Crippen MR) is 45.9 cm³/mol. The van der Waals surface area contributed by atoms with Crippen LogP contribution in [-0.2, 0) is 0 Å². The van der Waals surface area contributed by atoms with Crippen LogP contribution >= 0.6 is 0 Å². The van der Waals surface area contributed by atoms with E-state index in [2.05, 4.69) is 39.0 Å². The first-order valence-corrected chi connectivity index (χ1v) is 3.97. The molecule has 1 rings (SSSR count). The van der Waals surface area contributed by atoms with E-state index in [4.69, 9.17) is 0 Å². The highest BCUT2D eigenvalue weighted by Gasteiger charge is 2.22. The third-order valence-corrected chi connectivity index (χ3v) is 2.35. The summed E-state index contributed by atoms with van der Waals surface area (Å²) in [5.74, 6) is 0. The van der Waals surface area contributed by atoms with Crippen LogP contribution in [-0.4, -0.2) is 0 Å². The van der Waals surface area contributed by atoms with Crippen molar-refractivity contribution in [2.45, 2.75) is 33.6 Å². The Labute approximate surface area is 63.6 Å². The zero-order valence-corrected chi connectivity index (χ0v) is 7.15. The van der Waals surface area contributed by atoms with Crippen molar-refractivity contribution >= 4 is 0 Å². The lowest BCUT2D eigenvalue weighted by Gasteiger charge is -2.29. The lowest BCUT2D eigenvalue weighted by atomic mass is 9.76. The highest BCUT2D eigenvalue weighted by Crippen LogP contribution is 2.36. The van der Waals surface area contributed by atoms with Gasteiger partial charge in [0, 0.05) is 0 Å². The van der Waals surface area contributed by atoms with Gasteiger partial charge in [0.2, 0.25) is 0 Å². The first-order chi connectivity index (χ1) is 4.67. The second-order valence-corrected chi connectivity index (χ2v) is 3.58. The van der Waals surface area contributed by atoms with Gasteiger partial charge in [-0.1, -0.05) is 37.6 Å². The molecule has 0 fully saturated rings. The molecule has 10 heavy (non-hydrogen) atoms. The minimum Gasteiger partial charge on any atom is -0.0876 e. The molecule has 0 bridgehead atoms. The second kappa shape index (κ2) is 2.61. The van der Waals surface area contributed by atoms with Crippen LogP contribution in [0.3, 0.4) is 0 Å². The van der Waals surface area contributed by atoms with E-state index in [0.717, 1.165) is 6.42 Å². The van der Waals surface area contributed by atoms with Gasteiger partial charge in [-0.05, 0) is 25.2 Å². The number of allylic oxidation sites excluding steroid dienone is 4. The molecule has 0 N–H and O–H groups in total. The zero-order chi connectivity index (χ0) is 7.61. The van der Waals surface area contributed by atoms with E-state index in [1.165, 1.54) is 6.42 Å². The van der Waals surface area contributed by atoms with Crippen LogP contribution in [0.4, 0.5) is 0 Å². The van der Waals surface area contributed by atoms with Crippen LogP contribution in [0.2, 0.25) is 0 Å². The van der Waals surface area contributed by atoms with Gasteiger partial charge < -0.3 is 0 Å². The largest absolute Gasteiger partial charge is 0.0876 e. The van der Waals surface area contributed by atoms with E-state index in [0.29, 0.717) is 5.41 Å². The molecule has 0 aliphatic heterocycles. The molecule has 0 spiro atoms. The quantitative estimate of drug-likeness (QED) is 0.448. The molecule has 1 aliphatic carbocycles. The Bertz CT molecular complexity index is 170. The topological polar surface area (TPSA) is 0 Å². The second-order valence-electron chi connectivity index (χ2n) is 3.58. The number of hydrogen-bond donors (Lipinski definition) is 0. The van der Waals surface area contributed by atoms with E-state index in [9.17, 15) is 0 Å². The summed E-state index contributed by atoms with van der Waals surface area (Å²) in [5, 5.41) is 0. The number of rotatable bonds is 0. The van der Waals surface area contributed by atoms with E-state index in [1.54, 1.807) is 5.57 Å². The highest BCUT2D eigenvalue weighted by molar-refractivity contribution is 5.20. The van der Waals surface area contributed by atoms with Gasteiger partial charge in [-0.2, -0.15) is 0 Å². The normalized spacial score (nSPS) is 27.3. The molecule has 1 aliphatic rings. The van der Waals surface area contributed by atoms with Crippen molar-refractivity contribution in [3.63, 3.8) is 0 Å². The fourth-order valence-electron chi connectivity index (χ4n) is 1.50. The standard InChI is InChI=1S/C10H16/c1-4-9-7-5-6-8-10(9,2)3/h4-6H,7-8H2,1-3H3/b9-4+. The van der Waals surface area contributed by atoms with Crippen LogP contribution in [0.25, 0.3) is 0 Å².